The lowest BCUT2D eigenvalue weighted by Crippen LogP contribution is -2.44. The van der Waals surface area contributed by atoms with Crippen LogP contribution < -0.4 is 5.32 Å². The number of hydrogen-bond donors (Lipinski definition) is 1. The standard InChI is InChI=1S/C21H27FN4O2/c1-24-12-10-17(11-13-24)25(2)15-21(16-6-4-3-5-7-16)23-20-9-8-18(26(27)28)14-19(20)22/h3-9,14,17,21,23H,10-13,15H2,1-2H3. The molecule has 1 saturated heterocycles. The van der Waals surface area contributed by atoms with Gasteiger partial charge in [0, 0.05) is 18.7 Å². The fraction of sp³-hybridized carbons (Fsp3) is 0.429. The molecule has 0 aromatic heterocycles. The Hall–Kier alpha value is -2.51. The van der Waals surface area contributed by atoms with Gasteiger partial charge in [-0.15, -0.1) is 0 Å². The number of rotatable bonds is 7. The van der Waals surface area contributed by atoms with Gasteiger partial charge in [0.1, 0.15) is 0 Å². The molecule has 0 aliphatic carbocycles. The molecule has 0 amide bonds. The molecule has 1 unspecified atom stereocenters. The molecule has 150 valence electrons. The van der Waals surface area contributed by atoms with E-state index in [2.05, 4.69) is 29.2 Å². The molecule has 1 fully saturated rings. The van der Waals surface area contributed by atoms with E-state index in [4.69, 9.17) is 0 Å². The second-order valence-corrected chi connectivity index (χ2v) is 7.50. The van der Waals surface area contributed by atoms with Gasteiger partial charge >= 0.3 is 0 Å². The molecule has 2 aromatic rings. The zero-order valence-corrected chi connectivity index (χ0v) is 16.3. The molecule has 1 aliphatic heterocycles. The van der Waals surface area contributed by atoms with Gasteiger partial charge in [-0.2, -0.15) is 0 Å². The molecule has 1 aliphatic rings. The summed E-state index contributed by atoms with van der Waals surface area (Å²) >= 11 is 0. The zero-order valence-electron chi connectivity index (χ0n) is 16.3. The monoisotopic (exact) mass is 386 g/mol. The lowest BCUT2D eigenvalue weighted by atomic mass is 10.0. The van der Waals surface area contributed by atoms with Crippen LogP contribution in [0, 0.1) is 15.9 Å². The first-order valence-electron chi connectivity index (χ1n) is 9.58. The minimum atomic E-state index is -0.614. The Morgan fingerprint density at radius 3 is 2.54 bits per heavy atom. The number of likely N-dealkylation sites (N-methyl/N-ethyl adjacent to an activating group) is 1. The van der Waals surface area contributed by atoms with E-state index in [1.807, 2.05) is 30.3 Å². The lowest BCUT2D eigenvalue weighted by Gasteiger charge is -2.37. The Bertz CT molecular complexity index is 794. The number of halogens is 1. The van der Waals surface area contributed by atoms with Gasteiger partial charge in [-0.1, -0.05) is 30.3 Å². The van der Waals surface area contributed by atoms with Gasteiger partial charge in [0.05, 0.1) is 22.7 Å². The number of piperidine rings is 1. The Morgan fingerprint density at radius 1 is 1.25 bits per heavy atom. The van der Waals surface area contributed by atoms with Crippen LogP contribution in [-0.2, 0) is 0 Å². The minimum Gasteiger partial charge on any atom is -0.375 e. The average molecular weight is 386 g/mol. The number of nitrogens with one attached hydrogen (secondary N) is 1. The smallest absolute Gasteiger partial charge is 0.272 e. The first-order chi connectivity index (χ1) is 13.4. The fourth-order valence-corrected chi connectivity index (χ4v) is 3.71. The van der Waals surface area contributed by atoms with Crippen LogP contribution in [0.2, 0.25) is 0 Å². The molecule has 1 heterocycles. The van der Waals surface area contributed by atoms with Crippen LogP contribution in [-0.4, -0.2) is 54.5 Å². The van der Waals surface area contributed by atoms with E-state index < -0.39 is 10.7 Å². The summed E-state index contributed by atoms with van der Waals surface area (Å²) in [5.41, 5.74) is 1.08. The second kappa shape index (κ2) is 9.12. The van der Waals surface area contributed by atoms with Crippen molar-refractivity contribution in [3.05, 3.63) is 70.0 Å². The van der Waals surface area contributed by atoms with Crippen molar-refractivity contribution in [2.45, 2.75) is 24.9 Å². The molecule has 7 heteroatoms. The molecule has 0 bridgehead atoms. The van der Waals surface area contributed by atoms with Crippen LogP contribution in [0.4, 0.5) is 15.8 Å². The van der Waals surface area contributed by atoms with Crippen molar-refractivity contribution in [1.29, 1.82) is 0 Å². The summed E-state index contributed by atoms with van der Waals surface area (Å²) in [5, 5.41) is 14.1. The van der Waals surface area contributed by atoms with Crippen molar-refractivity contribution in [3.63, 3.8) is 0 Å². The van der Waals surface area contributed by atoms with Gasteiger partial charge in [-0.05, 0) is 51.7 Å². The maximum Gasteiger partial charge on any atom is 0.272 e. The largest absolute Gasteiger partial charge is 0.375 e. The topological polar surface area (TPSA) is 61.6 Å². The van der Waals surface area contributed by atoms with Crippen LogP contribution in [0.3, 0.4) is 0 Å². The fourth-order valence-electron chi connectivity index (χ4n) is 3.71. The van der Waals surface area contributed by atoms with Gasteiger partial charge < -0.3 is 15.1 Å². The molecule has 1 atom stereocenters. The van der Waals surface area contributed by atoms with E-state index in [-0.39, 0.29) is 17.4 Å². The van der Waals surface area contributed by atoms with Gasteiger partial charge in [-0.3, -0.25) is 10.1 Å². The molecule has 0 radical (unpaired) electrons. The third-order valence-electron chi connectivity index (χ3n) is 5.48. The van der Waals surface area contributed by atoms with Crippen molar-refractivity contribution in [2.75, 3.05) is 39.0 Å². The third kappa shape index (κ3) is 5.05. The molecule has 28 heavy (non-hydrogen) atoms. The van der Waals surface area contributed by atoms with E-state index in [0.717, 1.165) is 44.1 Å². The van der Waals surface area contributed by atoms with Gasteiger partial charge in [0.2, 0.25) is 0 Å². The van der Waals surface area contributed by atoms with Gasteiger partial charge in [0.15, 0.2) is 5.82 Å². The minimum absolute atomic E-state index is 0.123. The quantitative estimate of drug-likeness (QED) is 0.577. The predicted molar refractivity (Wildman–Crippen MR) is 109 cm³/mol. The third-order valence-corrected chi connectivity index (χ3v) is 5.48. The summed E-state index contributed by atoms with van der Waals surface area (Å²) in [6.07, 6.45) is 2.22. The summed E-state index contributed by atoms with van der Waals surface area (Å²) in [6.45, 7) is 2.87. The van der Waals surface area contributed by atoms with Crippen LogP contribution in [0.15, 0.2) is 48.5 Å². The predicted octanol–water partition coefficient (Wildman–Crippen LogP) is 3.91. The van der Waals surface area contributed by atoms with E-state index in [0.29, 0.717) is 6.04 Å². The molecule has 1 N–H and O–H groups in total. The molecular weight excluding hydrogens is 359 g/mol. The first-order valence-corrected chi connectivity index (χ1v) is 9.58. The van der Waals surface area contributed by atoms with Crippen molar-refractivity contribution in [1.82, 2.24) is 9.80 Å². The summed E-state index contributed by atoms with van der Waals surface area (Å²) in [5.74, 6) is -0.614. The highest BCUT2D eigenvalue weighted by Gasteiger charge is 2.24. The highest BCUT2D eigenvalue weighted by atomic mass is 19.1. The van der Waals surface area contributed by atoms with Crippen molar-refractivity contribution < 1.29 is 9.31 Å². The number of nitro benzene ring substituents is 1. The molecule has 0 saturated carbocycles. The number of benzene rings is 2. The summed E-state index contributed by atoms with van der Waals surface area (Å²) in [7, 11) is 4.25. The van der Waals surface area contributed by atoms with Crippen LogP contribution >= 0.6 is 0 Å². The SMILES string of the molecule is CN1CCC(N(C)CC(Nc2ccc([N+](=O)[O-])cc2F)c2ccccc2)CC1. The second-order valence-electron chi connectivity index (χ2n) is 7.50. The van der Waals surface area contributed by atoms with E-state index in [1.165, 1.54) is 12.1 Å². The highest BCUT2D eigenvalue weighted by molar-refractivity contribution is 5.51. The number of non-ortho nitro benzene ring substituents is 1. The molecule has 0 spiro atoms. The Labute approximate surface area is 165 Å². The number of likely N-dealkylation sites (tertiary alicyclic amines) is 1. The Kier molecular flexibility index (Phi) is 6.59. The first kappa shape index (κ1) is 20.2. The average Bonchev–Trinajstić information content (AvgIpc) is 2.69. The normalized spacial score (nSPS) is 16.9. The van der Waals surface area contributed by atoms with Gasteiger partial charge in [-0.25, -0.2) is 4.39 Å². The number of nitrogens with zero attached hydrogens (tertiary/aromatic N) is 3. The summed E-state index contributed by atoms with van der Waals surface area (Å²) in [6, 6.07) is 14.0. The molecule has 6 nitrogen and oxygen atoms in total. The van der Waals surface area contributed by atoms with Crippen LogP contribution in [0.1, 0.15) is 24.4 Å². The maximum absolute atomic E-state index is 14.4. The highest BCUT2D eigenvalue weighted by Crippen LogP contribution is 2.27. The summed E-state index contributed by atoms with van der Waals surface area (Å²) in [4.78, 5) is 14.9. The van der Waals surface area contributed by atoms with E-state index in [1.54, 1.807) is 0 Å². The lowest BCUT2D eigenvalue weighted by molar-refractivity contribution is -0.385. The van der Waals surface area contributed by atoms with Crippen molar-refractivity contribution in [2.24, 2.45) is 0 Å². The Balaban J connectivity index is 1.77. The molecular formula is C21H27FN4O2. The van der Waals surface area contributed by atoms with Gasteiger partial charge in [0.25, 0.3) is 5.69 Å². The van der Waals surface area contributed by atoms with Crippen molar-refractivity contribution >= 4 is 11.4 Å². The summed E-state index contributed by atoms with van der Waals surface area (Å²) < 4.78 is 14.4. The molecule has 2 aromatic carbocycles. The van der Waals surface area contributed by atoms with E-state index >= 15 is 0 Å². The van der Waals surface area contributed by atoms with Crippen molar-refractivity contribution in [3.8, 4) is 0 Å². The van der Waals surface area contributed by atoms with Crippen LogP contribution in [0.5, 0.6) is 0 Å². The maximum atomic E-state index is 14.4. The van der Waals surface area contributed by atoms with E-state index in [9.17, 15) is 14.5 Å². The number of hydrogen-bond acceptors (Lipinski definition) is 5. The Morgan fingerprint density at radius 2 is 1.93 bits per heavy atom. The molecule has 3 rings (SSSR count). The zero-order chi connectivity index (χ0) is 20.1. The van der Waals surface area contributed by atoms with Crippen LogP contribution in [0.25, 0.3) is 0 Å². The number of nitro groups is 1. The number of anilines is 1.